The Kier molecular flexibility index (Phi) is 7.50. The van der Waals surface area contributed by atoms with Gasteiger partial charge in [0.25, 0.3) is 5.91 Å². The smallest absolute Gasteiger partial charge is 0.315 e. The molecule has 1 aromatic carbocycles. The number of aliphatic hydroxyl groups is 1. The molecule has 9 heteroatoms. The van der Waals surface area contributed by atoms with Crippen LogP contribution in [0, 0.1) is 0 Å². The number of nitrogens with zero attached hydrogens (tertiary/aromatic N) is 1. The van der Waals surface area contributed by atoms with Crippen LogP contribution in [0.3, 0.4) is 0 Å². The van der Waals surface area contributed by atoms with Gasteiger partial charge in [-0.1, -0.05) is 30.3 Å². The maximum atomic E-state index is 12.3. The Morgan fingerprint density at radius 1 is 1.18 bits per heavy atom. The van der Waals surface area contributed by atoms with Gasteiger partial charge in [0.15, 0.2) is 0 Å². The van der Waals surface area contributed by atoms with Crippen molar-refractivity contribution in [3.8, 4) is 11.1 Å². The van der Waals surface area contributed by atoms with Crippen molar-refractivity contribution in [1.82, 2.24) is 4.98 Å². The summed E-state index contributed by atoms with van der Waals surface area (Å²) in [6.45, 7) is 0.472. The molecule has 0 spiro atoms. The molecule has 5 N–H and O–H groups in total. The van der Waals surface area contributed by atoms with Crippen LogP contribution < -0.4 is 11.5 Å². The van der Waals surface area contributed by atoms with E-state index in [4.69, 9.17) is 10.5 Å². The Morgan fingerprint density at radius 2 is 1.75 bits per heavy atom. The number of aromatic nitrogens is 1. The molecule has 1 unspecified atom stereocenters. The summed E-state index contributed by atoms with van der Waals surface area (Å²) in [4.78, 5) is 13.6. The lowest BCUT2D eigenvalue weighted by molar-refractivity contribution is -0.128. The Balaban J connectivity index is 0.000000409. The van der Waals surface area contributed by atoms with Crippen molar-refractivity contribution >= 4 is 5.91 Å². The minimum atomic E-state index is -3.01. The first kappa shape index (κ1) is 21.8. The Morgan fingerprint density at radius 3 is 2.14 bits per heavy atom. The van der Waals surface area contributed by atoms with E-state index in [0.29, 0.717) is 13.2 Å². The van der Waals surface area contributed by atoms with E-state index in [9.17, 15) is 23.1 Å². The average molecular weight is 397 g/mol. The number of alkyl halides is 3. The van der Waals surface area contributed by atoms with Gasteiger partial charge in [-0.2, -0.15) is 8.78 Å². The molecule has 0 radical (unpaired) electrons. The Labute approximate surface area is 160 Å². The molecule has 3 rings (SSSR count). The van der Waals surface area contributed by atoms with Crippen LogP contribution in [-0.4, -0.2) is 42.3 Å². The van der Waals surface area contributed by atoms with E-state index in [-0.39, 0.29) is 6.42 Å². The zero-order valence-electron chi connectivity index (χ0n) is 15.0. The second-order valence-electron chi connectivity index (χ2n) is 6.40. The predicted molar refractivity (Wildman–Crippen MR) is 97.1 cm³/mol. The third-order valence-corrected chi connectivity index (χ3v) is 4.22. The average Bonchev–Trinajstić information content (AvgIpc) is 2.67. The summed E-state index contributed by atoms with van der Waals surface area (Å²) in [7, 11) is 0. The van der Waals surface area contributed by atoms with Gasteiger partial charge in [0, 0.05) is 18.2 Å². The number of aliphatic hydroxyl groups excluding tert-OH is 1. The van der Waals surface area contributed by atoms with Gasteiger partial charge in [0.05, 0.1) is 31.7 Å². The van der Waals surface area contributed by atoms with Crippen molar-refractivity contribution in [3.05, 3.63) is 53.9 Å². The molecule has 152 valence electrons. The molecule has 0 saturated carbocycles. The number of rotatable bonds is 6. The van der Waals surface area contributed by atoms with Gasteiger partial charge in [0.1, 0.15) is 5.54 Å². The fourth-order valence-corrected chi connectivity index (χ4v) is 2.50. The van der Waals surface area contributed by atoms with Crippen molar-refractivity contribution in [1.29, 1.82) is 0 Å². The zero-order chi connectivity index (χ0) is 20.7. The number of carbonyl (C=O) groups excluding carboxylic acids is 1. The van der Waals surface area contributed by atoms with Crippen LogP contribution in [0.1, 0.15) is 23.8 Å². The normalized spacial score (nSPS) is 15.9. The van der Waals surface area contributed by atoms with Crippen LogP contribution in [0.2, 0.25) is 0 Å². The number of hydrogen-bond donors (Lipinski definition) is 3. The van der Waals surface area contributed by atoms with Gasteiger partial charge in [-0.05, 0) is 17.2 Å². The van der Waals surface area contributed by atoms with Crippen molar-refractivity contribution in [2.24, 2.45) is 11.5 Å². The van der Waals surface area contributed by atoms with Crippen LogP contribution in [0.5, 0.6) is 0 Å². The largest absolute Gasteiger partial charge is 0.388 e. The second-order valence-corrected chi connectivity index (χ2v) is 6.40. The first-order valence-corrected chi connectivity index (χ1v) is 8.52. The number of carbonyl (C=O) groups is 1. The fraction of sp³-hybridized carbons (Fsp3) is 0.368. The van der Waals surface area contributed by atoms with Crippen LogP contribution in [0.25, 0.3) is 11.1 Å². The Bertz CT molecular complexity index is 766. The molecular formula is C19H22F3N3O3. The quantitative estimate of drug-likeness (QED) is 0.691. The number of benzene rings is 1. The minimum Gasteiger partial charge on any atom is -0.388 e. The molecule has 2 heterocycles. The summed E-state index contributed by atoms with van der Waals surface area (Å²) in [5.74, 6) is -1.57. The number of halogens is 3. The third kappa shape index (κ3) is 5.51. The second kappa shape index (κ2) is 9.63. The number of hydrogen-bond acceptors (Lipinski definition) is 5. The molecule has 0 bridgehead atoms. The van der Waals surface area contributed by atoms with E-state index < -0.39 is 30.7 Å². The molecule has 1 aliphatic heterocycles. The Hall–Kier alpha value is -2.49. The maximum Gasteiger partial charge on any atom is 0.315 e. The lowest BCUT2D eigenvalue weighted by Gasteiger charge is -2.37. The summed E-state index contributed by atoms with van der Waals surface area (Å²) in [5.41, 5.74) is 13.3. The molecule has 1 aromatic heterocycles. The summed E-state index contributed by atoms with van der Waals surface area (Å²) in [5, 5.41) is 9.76. The lowest BCUT2D eigenvalue weighted by Crippen LogP contribution is -2.54. The number of primary amides is 1. The fourth-order valence-electron chi connectivity index (χ4n) is 2.50. The number of nitrogens with two attached hydrogens (primary N) is 2. The zero-order valence-corrected chi connectivity index (χ0v) is 15.0. The highest BCUT2D eigenvalue weighted by Crippen LogP contribution is 2.27. The summed E-state index contributed by atoms with van der Waals surface area (Å²) in [6.07, 6.45) is -1.86. The third-order valence-electron chi connectivity index (χ3n) is 4.22. The van der Waals surface area contributed by atoms with E-state index in [1.807, 2.05) is 36.4 Å². The van der Waals surface area contributed by atoms with Crippen LogP contribution in [-0.2, 0) is 15.1 Å². The molecule has 28 heavy (non-hydrogen) atoms. The standard InChI is InChI=1S/C17H19FN2O2.C2H3F2NO/c18-8-7-15(21)13-3-1-12(2-4-13)14-5-6-16(20-9-14)17(19)10-22-11-17;3-1(4)2(5)6/h1-6,9,15,21H,7-8,10-11,19H2;1H,(H2,5,6). The van der Waals surface area contributed by atoms with Crippen molar-refractivity contribution < 1.29 is 27.8 Å². The van der Waals surface area contributed by atoms with Crippen LogP contribution in [0.4, 0.5) is 13.2 Å². The van der Waals surface area contributed by atoms with Gasteiger partial charge >= 0.3 is 6.43 Å². The topological polar surface area (TPSA) is 111 Å². The highest BCUT2D eigenvalue weighted by atomic mass is 19.3. The number of amides is 1. The van der Waals surface area contributed by atoms with Gasteiger partial charge in [-0.25, -0.2) is 0 Å². The first-order chi connectivity index (χ1) is 13.3. The van der Waals surface area contributed by atoms with Crippen molar-refractivity contribution in [2.75, 3.05) is 19.9 Å². The van der Waals surface area contributed by atoms with E-state index >= 15 is 0 Å². The van der Waals surface area contributed by atoms with Crippen LogP contribution in [0.15, 0.2) is 42.6 Å². The number of ether oxygens (including phenoxy) is 1. The predicted octanol–water partition coefficient (Wildman–Crippen LogP) is 2.06. The molecule has 1 fully saturated rings. The first-order valence-electron chi connectivity index (χ1n) is 8.52. The molecule has 1 aliphatic rings. The molecular weight excluding hydrogens is 375 g/mol. The van der Waals surface area contributed by atoms with E-state index in [1.165, 1.54) is 0 Å². The van der Waals surface area contributed by atoms with Gasteiger partial charge in [0.2, 0.25) is 0 Å². The summed E-state index contributed by atoms with van der Waals surface area (Å²) >= 11 is 0. The maximum absolute atomic E-state index is 12.3. The van der Waals surface area contributed by atoms with E-state index in [0.717, 1.165) is 22.4 Å². The van der Waals surface area contributed by atoms with Gasteiger partial charge in [-0.3, -0.25) is 14.2 Å². The summed E-state index contributed by atoms with van der Waals surface area (Å²) in [6, 6.07) is 11.3. The highest BCUT2D eigenvalue weighted by Gasteiger charge is 2.37. The molecule has 1 amide bonds. The van der Waals surface area contributed by atoms with Crippen LogP contribution >= 0.6 is 0 Å². The lowest BCUT2D eigenvalue weighted by atomic mass is 9.93. The van der Waals surface area contributed by atoms with Gasteiger partial charge in [-0.15, -0.1) is 0 Å². The van der Waals surface area contributed by atoms with Crippen molar-refractivity contribution in [2.45, 2.75) is 24.5 Å². The molecule has 1 atom stereocenters. The summed E-state index contributed by atoms with van der Waals surface area (Å²) < 4.78 is 38.8. The molecule has 6 nitrogen and oxygen atoms in total. The van der Waals surface area contributed by atoms with E-state index in [2.05, 4.69) is 10.7 Å². The number of pyridine rings is 1. The molecule has 1 saturated heterocycles. The van der Waals surface area contributed by atoms with Gasteiger partial charge < -0.3 is 21.3 Å². The molecule has 0 aliphatic carbocycles. The monoisotopic (exact) mass is 397 g/mol. The minimum absolute atomic E-state index is 0.121. The molecule has 2 aromatic rings. The highest BCUT2D eigenvalue weighted by molar-refractivity contribution is 5.76. The van der Waals surface area contributed by atoms with E-state index in [1.54, 1.807) is 6.20 Å². The van der Waals surface area contributed by atoms with Crippen molar-refractivity contribution in [3.63, 3.8) is 0 Å². The SMILES string of the molecule is NC(=O)C(F)F.NC1(c2ccc(-c3ccc(C(O)CCF)cc3)cn2)COC1.